The Kier molecular flexibility index (Phi) is 5.75. The van der Waals surface area contributed by atoms with E-state index in [1.807, 2.05) is 0 Å². The fraction of sp³-hybridized carbons (Fsp3) is 0.300. The van der Waals surface area contributed by atoms with Crippen molar-refractivity contribution in [3.63, 3.8) is 0 Å². The second-order valence-corrected chi connectivity index (χ2v) is 6.92. The Bertz CT molecular complexity index is 1060. The van der Waals surface area contributed by atoms with Crippen molar-refractivity contribution in [2.75, 3.05) is 43.2 Å². The van der Waals surface area contributed by atoms with Crippen LogP contribution in [-0.2, 0) is 14.2 Å². The van der Waals surface area contributed by atoms with Gasteiger partial charge < -0.3 is 19.5 Å². The third kappa shape index (κ3) is 3.98. The van der Waals surface area contributed by atoms with E-state index in [-0.39, 0.29) is 36.5 Å². The third-order valence-electron chi connectivity index (χ3n) is 4.98. The van der Waals surface area contributed by atoms with Crippen LogP contribution in [0, 0.1) is 11.6 Å². The zero-order valence-corrected chi connectivity index (χ0v) is 16.8. The second-order valence-electron chi connectivity index (χ2n) is 6.92. The second kappa shape index (κ2) is 8.65. The van der Waals surface area contributed by atoms with Gasteiger partial charge in [0.05, 0.1) is 32.4 Å². The molecule has 10 nitrogen and oxygen atoms in total. The molecule has 0 unspecified atom stereocenters. The van der Waals surface area contributed by atoms with Crippen LogP contribution in [0.4, 0.5) is 34.7 Å². The Morgan fingerprint density at radius 3 is 2.66 bits per heavy atom. The van der Waals surface area contributed by atoms with Gasteiger partial charge in [-0.2, -0.15) is 0 Å². The van der Waals surface area contributed by atoms with Crippen LogP contribution < -0.4 is 15.1 Å². The maximum Gasteiger partial charge on any atom is 0.415 e. The molecule has 32 heavy (non-hydrogen) atoms. The van der Waals surface area contributed by atoms with Gasteiger partial charge >= 0.3 is 18.3 Å². The van der Waals surface area contributed by atoms with Gasteiger partial charge in [-0.25, -0.2) is 28.1 Å². The number of rotatable bonds is 5. The fourth-order valence-corrected chi connectivity index (χ4v) is 3.37. The van der Waals surface area contributed by atoms with Crippen molar-refractivity contribution >= 4 is 29.8 Å². The number of ether oxygens (including phenoxy) is 3. The van der Waals surface area contributed by atoms with Crippen molar-refractivity contribution in [2.24, 2.45) is 0 Å². The van der Waals surface area contributed by atoms with E-state index in [9.17, 15) is 23.2 Å². The molecule has 3 amide bonds. The molecule has 0 spiro atoms. The summed E-state index contributed by atoms with van der Waals surface area (Å²) in [4.78, 5) is 41.3. The number of anilines is 2. The molecule has 2 aromatic rings. The summed E-state index contributed by atoms with van der Waals surface area (Å²) < 4.78 is 44.1. The van der Waals surface area contributed by atoms with Gasteiger partial charge in [-0.05, 0) is 24.3 Å². The highest BCUT2D eigenvalue weighted by atomic mass is 19.2. The molecule has 0 aliphatic carbocycles. The molecular formula is C20H18F2N4O6. The molecule has 1 atom stereocenters. The number of alkyl carbamates (subject to hydrolysis) is 1. The molecule has 1 aromatic heterocycles. The summed E-state index contributed by atoms with van der Waals surface area (Å²) in [6.07, 6.45) is -1.53. The number of carbonyl (C=O) groups excluding carboxylic acids is 3. The summed E-state index contributed by atoms with van der Waals surface area (Å²) in [6.45, 7) is 0.480. The minimum absolute atomic E-state index is 0.0420. The number of pyridine rings is 1. The van der Waals surface area contributed by atoms with Crippen molar-refractivity contribution in [1.82, 2.24) is 10.3 Å². The number of nitrogens with zero attached hydrogens (tertiary/aromatic N) is 3. The third-order valence-corrected chi connectivity index (χ3v) is 4.98. The minimum atomic E-state index is -1.23. The number of cyclic esters (lactones) is 2. The molecule has 0 bridgehead atoms. The highest BCUT2D eigenvalue weighted by Crippen LogP contribution is 2.32. The summed E-state index contributed by atoms with van der Waals surface area (Å²) in [5.74, 6) is -2.06. The quantitative estimate of drug-likeness (QED) is 0.701. The smallest absolute Gasteiger partial charge is 0.415 e. The van der Waals surface area contributed by atoms with Crippen LogP contribution in [0.15, 0.2) is 30.5 Å². The van der Waals surface area contributed by atoms with Crippen LogP contribution in [0.5, 0.6) is 0 Å². The van der Waals surface area contributed by atoms with Crippen LogP contribution in [-0.4, -0.2) is 62.7 Å². The lowest BCUT2D eigenvalue weighted by Gasteiger charge is -2.16. The van der Waals surface area contributed by atoms with E-state index in [4.69, 9.17) is 9.47 Å². The van der Waals surface area contributed by atoms with E-state index in [2.05, 4.69) is 15.0 Å². The molecular weight excluding hydrogens is 430 g/mol. The van der Waals surface area contributed by atoms with Crippen LogP contribution in [0.3, 0.4) is 0 Å². The highest BCUT2D eigenvalue weighted by molar-refractivity contribution is 5.91. The van der Waals surface area contributed by atoms with Gasteiger partial charge in [-0.3, -0.25) is 9.80 Å². The van der Waals surface area contributed by atoms with Gasteiger partial charge in [0.2, 0.25) is 0 Å². The number of methoxy groups -OCH3 is 1. The van der Waals surface area contributed by atoms with Crippen LogP contribution in [0.2, 0.25) is 0 Å². The number of halogens is 2. The van der Waals surface area contributed by atoms with Crippen LogP contribution in [0.25, 0.3) is 11.1 Å². The van der Waals surface area contributed by atoms with E-state index in [0.717, 1.165) is 4.90 Å². The Hall–Kier alpha value is -3.96. The van der Waals surface area contributed by atoms with Crippen LogP contribution >= 0.6 is 0 Å². The molecule has 4 rings (SSSR count). The number of aromatic nitrogens is 1. The number of carbonyl (C=O) groups is 3. The first-order valence-electron chi connectivity index (χ1n) is 9.57. The lowest BCUT2D eigenvalue weighted by molar-refractivity contribution is 0.132. The molecule has 2 aliphatic heterocycles. The number of amides is 3. The maximum atomic E-state index is 14.8. The molecule has 0 saturated carbocycles. The monoisotopic (exact) mass is 448 g/mol. The molecule has 12 heteroatoms. The molecule has 1 N–H and O–H groups in total. The predicted molar refractivity (Wildman–Crippen MR) is 106 cm³/mol. The molecule has 168 valence electrons. The van der Waals surface area contributed by atoms with E-state index >= 15 is 0 Å². The standard InChI is InChI=1S/C20H18F2N4O6/c1-30-18(27)24-9-12-10-26(20(29)32-12)14-4-3-13(16(21)17(14)22)11-2-5-15(23-8-11)25-6-7-31-19(25)28/h2-5,8,12H,6-7,9-10H2,1H3,(H,24,27)/t12-/m0/s1. The first kappa shape index (κ1) is 21.3. The Morgan fingerprint density at radius 2 is 2.00 bits per heavy atom. The van der Waals surface area contributed by atoms with Crippen molar-refractivity contribution in [3.8, 4) is 11.1 Å². The average molecular weight is 448 g/mol. The first-order valence-corrected chi connectivity index (χ1v) is 9.57. The van der Waals surface area contributed by atoms with Gasteiger partial charge in [0, 0.05) is 17.3 Å². The van der Waals surface area contributed by atoms with Gasteiger partial charge in [0.1, 0.15) is 18.5 Å². The summed E-state index contributed by atoms with van der Waals surface area (Å²) in [5.41, 5.74) is -0.0691. The molecule has 3 heterocycles. The number of hydrogen-bond acceptors (Lipinski definition) is 7. The molecule has 2 fully saturated rings. The predicted octanol–water partition coefficient (Wildman–Crippen LogP) is 2.66. The Morgan fingerprint density at radius 1 is 1.19 bits per heavy atom. The lowest BCUT2D eigenvalue weighted by Crippen LogP contribution is -2.34. The average Bonchev–Trinajstić information content (AvgIpc) is 3.39. The Labute approximate surface area is 180 Å². The largest absolute Gasteiger partial charge is 0.453 e. The highest BCUT2D eigenvalue weighted by Gasteiger charge is 2.35. The lowest BCUT2D eigenvalue weighted by atomic mass is 10.1. The normalized spacial score (nSPS) is 17.9. The number of hydrogen-bond donors (Lipinski definition) is 1. The summed E-state index contributed by atoms with van der Waals surface area (Å²) in [5, 5.41) is 2.38. The summed E-state index contributed by atoms with van der Waals surface area (Å²) in [6, 6.07) is 5.59. The summed E-state index contributed by atoms with van der Waals surface area (Å²) >= 11 is 0. The molecule has 0 radical (unpaired) electrons. The van der Waals surface area contributed by atoms with Crippen molar-refractivity contribution in [3.05, 3.63) is 42.1 Å². The molecule has 1 aromatic carbocycles. The minimum Gasteiger partial charge on any atom is -0.453 e. The Balaban J connectivity index is 1.52. The van der Waals surface area contributed by atoms with E-state index < -0.39 is 36.0 Å². The molecule has 2 saturated heterocycles. The van der Waals surface area contributed by atoms with Gasteiger partial charge in [-0.1, -0.05) is 0 Å². The van der Waals surface area contributed by atoms with Crippen molar-refractivity contribution < 1.29 is 37.4 Å². The van der Waals surface area contributed by atoms with Gasteiger partial charge in [0.15, 0.2) is 11.6 Å². The van der Waals surface area contributed by atoms with Gasteiger partial charge in [-0.15, -0.1) is 0 Å². The first-order chi connectivity index (χ1) is 15.4. The van der Waals surface area contributed by atoms with Gasteiger partial charge in [0.25, 0.3) is 0 Å². The summed E-state index contributed by atoms with van der Waals surface area (Å²) in [7, 11) is 1.19. The zero-order valence-electron chi connectivity index (χ0n) is 16.8. The van der Waals surface area contributed by atoms with E-state index in [1.54, 1.807) is 0 Å². The van der Waals surface area contributed by atoms with Crippen molar-refractivity contribution in [2.45, 2.75) is 6.10 Å². The number of nitrogens with one attached hydrogen (secondary N) is 1. The zero-order chi connectivity index (χ0) is 22.8. The topological polar surface area (TPSA) is 110 Å². The fourth-order valence-electron chi connectivity index (χ4n) is 3.37. The van der Waals surface area contributed by atoms with Crippen LogP contribution in [0.1, 0.15) is 0 Å². The molecule has 2 aliphatic rings. The van der Waals surface area contributed by atoms with E-state index in [1.165, 1.54) is 42.5 Å². The van der Waals surface area contributed by atoms with Crippen molar-refractivity contribution in [1.29, 1.82) is 0 Å². The number of benzene rings is 1. The maximum absolute atomic E-state index is 14.8. The van der Waals surface area contributed by atoms with E-state index in [0.29, 0.717) is 12.4 Å². The SMILES string of the molecule is COC(=O)NC[C@H]1CN(c2ccc(-c3ccc(N4CCOC4=O)nc3)c(F)c2F)C(=O)O1.